The summed E-state index contributed by atoms with van der Waals surface area (Å²) in [4.78, 5) is 0. The fraction of sp³-hybridized carbons (Fsp3) is 0.412. The first-order valence-corrected chi connectivity index (χ1v) is 6.80. The van der Waals surface area contributed by atoms with Crippen molar-refractivity contribution >= 4 is 0 Å². The van der Waals surface area contributed by atoms with Crippen molar-refractivity contribution in [3.63, 3.8) is 0 Å². The first kappa shape index (κ1) is 16.6. The third kappa shape index (κ3) is 5.25. The molecule has 1 aromatic carbocycles. The molecule has 0 fully saturated rings. The number of rotatable bonds is 6. The number of aliphatic hydroxyl groups is 1. The van der Waals surface area contributed by atoms with Crippen LogP contribution in [0.1, 0.15) is 44.7 Å². The van der Waals surface area contributed by atoms with Crippen molar-refractivity contribution in [2.45, 2.75) is 46.6 Å². The summed E-state index contributed by atoms with van der Waals surface area (Å²) < 4.78 is 27.4. The second-order valence-electron chi connectivity index (χ2n) is 5.27. The van der Waals surface area contributed by atoms with Crippen molar-refractivity contribution in [3.05, 3.63) is 58.2 Å². The van der Waals surface area contributed by atoms with Crippen LogP contribution in [0.3, 0.4) is 0 Å². The molecule has 1 aromatic rings. The normalized spacial score (nSPS) is 11.6. The maximum Gasteiger partial charge on any atom is 0.129 e. The van der Waals surface area contributed by atoms with E-state index >= 15 is 0 Å². The monoisotopic (exact) mass is 280 g/mol. The molecule has 0 aliphatic carbocycles. The van der Waals surface area contributed by atoms with E-state index in [0.29, 0.717) is 0 Å². The molecule has 1 rings (SSSR count). The van der Waals surface area contributed by atoms with E-state index in [4.69, 9.17) is 5.11 Å². The highest BCUT2D eigenvalue weighted by molar-refractivity contribution is 5.28. The van der Waals surface area contributed by atoms with E-state index in [2.05, 4.69) is 6.08 Å². The lowest BCUT2D eigenvalue weighted by atomic mass is 10.0. The Morgan fingerprint density at radius 2 is 1.70 bits per heavy atom. The molecule has 0 aliphatic heterocycles. The lowest BCUT2D eigenvalue weighted by molar-refractivity contribution is 0.280. The summed E-state index contributed by atoms with van der Waals surface area (Å²) in [7, 11) is 0. The Labute approximate surface area is 119 Å². The van der Waals surface area contributed by atoms with Gasteiger partial charge in [-0.25, -0.2) is 8.78 Å². The van der Waals surface area contributed by atoms with Gasteiger partial charge in [-0.3, -0.25) is 0 Å². The summed E-state index contributed by atoms with van der Waals surface area (Å²) >= 11 is 0. The van der Waals surface area contributed by atoms with E-state index in [9.17, 15) is 8.78 Å². The van der Waals surface area contributed by atoms with Gasteiger partial charge in [0.2, 0.25) is 0 Å². The maximum absolute atomic E-state index is 13.7. The van der Waals surface area contributed by atoms with Crippen molar-refractivity contribution in [1.29, 1.82) is 0 Å². The highest BCUT2D eigenvalue weighted by atomic mass is 19.1. The van der Waals surface area contributed by atoms with E-state index < -0.39 is 11.6 Å². The van der Waals surface area contributed by atoms with Gasteiger partial charge in [-0.2, -0.15) is 0 Å². The van der Waals surface area contributed by atoms with Gasteiger partial charge >= 0.3 is 0 Å². The van der Waals surface area contributed by atoms with Gasteiger partial charge in [-0.1, -0.05) is 23.3 Å². The quantitative estimate of drug-likeness (QED) is 0.749. The summed E-state index contributed by atoms with van der Waals surface area (Å²) in [5.74, 6) is -1.19. The standard InChI is InChI=1S/C17H22F2O/c1-12(2)5-4-6-13(3)7-8-15-16(18)9-14(11-20)10-17(15)19/h5,7,9-10,20H,4,6,8,11H2,1-3H3/b13-7+. The maximum atomic E-state index is 13.7. The SMILES string of the molecule is CC(C)=CCC/C(C)=C/Cc1c(F)cc(CO)cc1F. The second kappa shape index (κ2) is 7.95. The van der Waals surface area contributed by atoms with Crippen LogP contribution in [0.25, 0.3) is 0 Å². The minimum absolute atomic E-state index is 0.0590. The van der Waals surface area contributed by atoms with E-state index in [1.165, 1.54) is 17.7 Å². The third-order valence-corrected chi connectivity index (χ3v) is 3.13. The van der Waals surface area contributed by atoms with Crippen LogP contribution in [0.2, 0.25) is 0 Å². The Morgan fingerprint density at radius 1 is 1.10 bits per heavy atom. The van der Waals surface area contributed by atoms with Crippen LogP contribution in [-0.2, 0) is 13.0 Å². The zero-order valence-corrected chi connectivity index (χ0v) is 12.3. The molecule has 0 atom stereocenters. The predicted octanol–water partition coefficient (Wildman–Crippen LogP) is 4.69. The van der Waals surface area contributed by atoms with Gasteiger partial charge in [0.1, 0.15) is 11.6 Å². The fourth-order valence-electron chi connectivity index (χ4n) is 1.91. The number of aliphatic hydroxyl groups excluding tert-OH is 1. The number of benzene rings is 1. The number of hydrogen-bond donors (Lipinski definition) is 1. The number of hydrogen-bond acceptors (Lipinski definition) is 1. The molecule has 0 radical (unpaired) electrons. The predicted molar refractivity (Wildman–Crippen MR) is 78.4 cm³/mol. The summed E-state index contributed by atoms with van der Waals surface area (Å²) in [5.41, 5.74) is 2.71. The lowest BCUT2D eigenvalue weighted by Crippen LogP contribution is -1.98. The molecule has 0 bridgehead atoms. The van der Waals surface area contributed by atoms with Crippen molar-refractivity contribution < 1.29 is 13.9 Å². The summed E-state index contributed by atoms with van der Waals surface area (Å²) in [5, 5.41) is 8.89. The van der Waals surface area contributed by atoms with Crippen LogP contribution in [0.15, 0.2) is 35.4 Å². The minimum Gasteiger partial charge on any atom is -0.392 e. The summed E-state index contributed by atoms with van der Waals surface area (Å²) in [6, 6.07) is 2.37. The smallest absolute Gasteiger partial charge is 0.129 e. The van der Waals surface area contributed by atoms with Crippen LogP contribution in [0.5, 0.6) is 0 Å². The van der Waals surface area contributed by atoms with Gasteiger partial charge < -0.3 is 5.11 Å². The van der Waals surface area contributed by atoms with Crippen molar-refractivity contribution in [1.82, 2.24) is 0 Å². The van der Waals surface area contributed by atoms with Crippen LogP contribution < -0.4 is 0 Å². The summed E-state index contributed by atoms with van der Waals surface area (Å²) in [6.07, 6.45) is 6.08. The molecule has 0 saturated carbocycles. The van der Waals surface area contributed by atoms with Gasteiger partial charge in [0.15, 0.2) is 0 Å². The first-order valence-electron chi connectivity index (χ1n) is 6.80. The Balaban J connectivity index is 2.71. The first-order chi connectivity index (χ1) is 9.43. The van der Waals surface area contributed by atoms with E-state index in [-0.39, 0.29) is 24.2 Å². The van der Waals surface area contributed by atoms with Crippen molar-refractivity contribution in [2.24, 2.45) is 0 Å². The van der Waals surface area contributed by atoms with Crippen LogP contribution >= 0.6 is 0 Å². The highest BCUT2D eigenvalue weighted by Gasteiger charge is 2.09. The van der Waals surface area contributed by atoms with Gasteiger partial charge in [-0.05, 0) is 57.7 Å². The molecular weight excluding hydrogens is 258 g/mol. The second-order valence-corrected chi connectivity index (χ2v) is 5.27. The van der Waals surface area contributed by atoms with Gasteiger partial charge in [-0.15, -0.1) is 0 Å². The molecular formula is C17H22F2O. The average Bonchev–Trinajstić information content (AvgIpc) is 2.36. The topological polar surface area (TPSA) is 20.2 Å². The van der Waals surface area contributed by atoms with E-state index in [1.54, 1.807) is 0 Å². The molecule has 0 amide bonds. The molecule has 0 aromatic heterocycles. The summed E-state index contributed by atoms with van der Waals surface area (Å²) in [6.45, 7) is 5.71. The Bertz CT molecular complexity index is 489. The third-order valence-electron chi connectivity index (χ3n) is 3.13. The van der Waals surface area contributed by atoms with E-state index in [0.717, 1.165) is 18.4 Å². The van der Waals surface area contributed by atoms with Gasteiger partial charge in [0, 0.05) is 5.56 Å². The number of halogens is 2. The highest BCUT2D eigenvalue weighted by Crippen LogP contribution is 2.18. The molecule has 0 unspecified atom stereocenters. The number of allylic oxidation sites excluding steroid dienone is 4. The van der Waals surface area contributed by atoms with Crippen LogP contribution in [-0.4, -0.2) is 5.11 Å². The lowest BCUT2D eigenvalue weighted by Gasteiger charge is -2.06. The van der Waals surface area contributed by atoms with Crippen molar-refractivity contribution in [3.8, 4) is 0 Å². The van der Waals surface area contributed by atoms with Gasteiger partial charge in [0.25, 0.3) is 0 Å². The Hall–Kier alpha value is -1.48. The molecule has 0 spiro atoms. The molecule has 0 saturated heterocycles. The molecule has 20 heavy (non-hydrogen) atoms. The molecule has 0 heterocycles. The average molecular weight is 280 g/mol. The largest absolute Gasteiger partial charge is 0.392 e. The molecule has 3 heteroatoms. The fourth-order valence-corrected chi connectivity index (χ4v) is 1.91. The molecule has 0 aliphatic rings. The Morgan fingerprint density at radius 3 is 2.20 bits per heavy atom. The molecule has 1 nitrogen and oxygen atoms in total. The molecule has 110 valence electrons. The zero-order valence-electron chi connectivity index (χ0n) is 12.3. The van der Waals surface area contributed by atoms with E-state index in [1.807, 2.05) is 26.8 Å². The molecule has 1 N–H and O–H groups in total. The van der Waals surface area contributed by atoms with Gasteiger partial charge in [0.05, 0.1) is 6.61 Å². The minimum atomic E-state index is -0.595. The van der Waals surface area contributed by atoms with Crippen LogP contribution in [0, 0.1) is 11.6 Å². The van der Waals surface area contributed by atoms with Crippen molar-refractivity contribution in [2.75, 3.05) is 0 Å². The Kier molecular flexibility index (Phi) is 6.59. The zero-order chi connectivity index (χ0) is 15.1. The van der Waals surface area contributed by atoms with Crippen LogP contribution in [0.4, 0.5) is 8.78 Å².